The fourth-order valence-corrected chi connectivity index (χ4v) is 1.99. The Hall–Kier alpha value is -0.995. The van der Waals surface area contributed by atoms with Crippen LogP contribution >= 0.6 is 0 Å². The van der Waals surface area contributed by atoms with Gasteiger partial charge in [0.25, 0.3) is 0 Å². The Morgan fingerprint density at radius 1 is 1.40 bits per heavy atom. The van der Waals surface area contributed by atoms with Crippen molar-refractivity contribution in [3.63, 3.8) is 0 Å². The minimum atomic E-state index is -0.740. The second-order valence-electron chi connectivity index (χ2n) is 3.72. The average molecular weight is 205 g/mol. The lowest BCUT2D eigenvalue weighted by atomic mass is 9.79. The zero-order valence-electron chi connectivity index (χ0n) is 9.23. The van der Waals surface area contributed by atoms with Gasteiger partial charge in [0.15, 0.2) is 0 Å². The van der Waals surface area contributed by atoms with Crippen LogP contribution in [0, 0.1) is 0 Å². The highest BCUT2D eigenvalue weighted by molar-refractivity contribution is 6.61. The van der Waals surface area contributed by atoms with Crippen molar-refractivity contribution in [3.8, 4) is 0 Å². The maximum atomic E-state index is 9.59. The summed E-state index contributed by atoms with van der Waals surface area (Å²) in [6, 6.07) is 6.16. The molecule has 1 aliphatic rings. The largest absolute Gasteiger partial charge is 0.491 e. The summed E-state index contributed by atoms with van der Waals surface area (Å²) in [5.74, 6) is 0. The first kappa shape index (κ1) is 10.5. The fourth-order valence-electron chi connectivity index (χ4n) is 1.99. The van der Waals surface area contributed by atoms with Crippen LogP contribution in [-0.4, -0.2) is 25.2 Å². The second kappa shape index (κ2) is 4.25. The van der Waals surface area contributed by atoms with E-state index in [2.05, 4.69) is 24.8 Å². The maximum Gasteiger partial charge on any atom is 0.491 e. The number of anilines is 1. The second-order valence-corrected chi connectivity index (χ2v) is 3.72. The Balaban J connectivity index is 2.32. The first-order valence-electron chi connectivity index (χ1n) is 5.43. The van der Waals surface area contributed by atoms with Gasteiger partial charge >= 0.3 is 7.12 Å². The van der Waals surface area contributed by atoms with Crippen molar-refractivity contribution >= 4 is 18.3 Å². The van der Waals surface area contributed by atoms with Crippen molar-refractivity contribution in [1.82, 2.24) is 0 Å². The minimum absolute atomic E-state index is 0.523. The molecule has 0 spiro atoms. The van der Waals surface area contributed by atoms with Gasteiger partial charge in [0, 0.05) is 18.8 Å². The third-order valence-corrected chi connectivity index (χ3v) is 2.92. The van der Waals surface area contributed by atoms with E-state index in [1.165, 1.54) is 0 Å². The van der Waals surface area contributed by atoms with E-state index in [1.54, 1.807) is 0 Å². The van der Waals surface area contributed by atoms with Crippen molar-refractivity contribution < 1.29 is 9.68 Å². The summed E-state index contributed by atoms with van der Waals surface area (Å²) < 4.78 is 5.16. The molecule has 80 valence electrons. The standard InChI is InChI=1S/C11H16BNO2/c1-3-13(4-2)10-6-5-9-8-15-12(14)11(9)7-10/h5-7,14H,3-4,8H2,1-2H3. The molecular formula is C11H16BNO2. The third kappa shape index (κ3) is 1.87. The van der Waals surface area contributed by atoms with Gasteiger partial charge in [-0.1, -0.05) is 6.07 Å². The van der Waals surface area contributed by atoms with Crippen LogP contribution in [0.2, 0.25) is 0 Å². The molecule has 0 aliphatic carbocycles. The predicted molar refractivity (Wildman–Crippen MR) is 62.4 cm³/mol. The van der Waals surface area contributed by atoms with Crippen LogP contribution in [0.5, 0.6) is 0 Å². The fraction of sp³-hybridized carbons (Fsp3) is 0.455. The molecule has 0 bridgehead atoms. The molecular weight excluding hydrogens is 189 g/mol. The van der Waals surface area contributed by atoms with Crippen molar-refractivity contribution in [2.75, 3.05) is 18.0 Å². The minimum Gasteiger partial charge on any atom is -0.423 e. The number of hydrogen-bond acceptors (Lipinski definition) is 3. The number of nitrogens with zero attached hydrogens (tertiary/aromatic N) is 1. The molecule has 1 aromatic carbocycles. The van der Waals surface area contributed by atoms with E-state index >= 15 is 0 Å². The SMILES string of the molecule is CCN(CC)c1ccc2c(c1)B(O)OC2. The third-order valence-electron chi connectivity index (χ3n) is 2.92. The number of fused-ring (bicyclic) bond motifs is 1. The molecule has 4 heteroatoms. The molecule has 0 radical (unpaired) electrons. The number of rotatable bonds is 3. The summed E-state index contributed by atoms with van der Waals surface area (Å²) in [6.07, 6.45) is 0. The summed E-state index contributed by atoms with van der Waals surface area (Å²) in [7, 11) is -0.740. The topological polar surface area (TPSA) is 32.7 Å². The van der Waals surface area contributed by atoms with E-state index < -0.39 is 7.12 Å². The monoisotopic (exact) mass is 205 g/mol. The molecule has 15 heavy (non-hydrogen) atoms. The van der Waals surface area contributed by atoms with E-state index in [-0.39, 0.29) is 0 Å². The van der Waals surface area contributed by atoms with Gasteiger partial charge in [-0.15, -0.1) is 0 Å². The first-order valence-corrected chi connectivity index (χ1v) is 5.43. The van der Waals surface area contributed by atoms with Crippen LogP contribution in [0.1, 0.15) is 19.4 Å². The van der Waals surface area contributed by atoms with Crippen molar-refractivity contribution in [1.29, 1.82) is 0 Å². The molecule has 0 amide bonds. The molecule has 1 N–H and O–H groups in total. The molecule has 1 heterocycles. The van der Waals surface area contributed by atoms with Gasteiger partial charge in [0.1, 0.15) is 0 Å². The maximum absolute atomic E-state index is 9.59. The molecule has 0 saturated heterocycles. The molecule has 3 nitrogen and oxygen atoms in total. The molecule has 1 aromatic rings. The Bertz CT molecular complexity index is 352. The molecule has 0 unspecified atom stereocenters. The van der Waals surface area contributed by atoms with E-state index in [9.17, 15) is 5.02 Å². The van der Waals surface area contributed by atoms with Crippen molar-refractivity contribution in [2.24, 2.45) is 0 Å². The Morgan fingerprint density at radius 2 is 2.13 bits per heavy atom. The van der Waals surface area contributed by atoms with Gasteiger partial charge in [0.2, 0.25) is 0 Å². The summed E-state index contributed by atoms with van der Waals surface area (Å²) in [5.41, 5.74) is 3.17. The van der Waals surface area contributed by atoms with Gasteiger partial charge in [-0.2, -0.15) is 0 Å². The van der Waals surface area contributed by atoms with Crippen molar-refractivity contribution in [2.45, 2.75) is 20.5 Å². The lowest BCUT2D eigenvalue weighted by Crippen LogP contribution is -2.30. The Morgan fingerprint density at radius 3 is 2.80 bits per heavy atom. The lowest BCUT2D eigenvalue weighted by Gasteiger charge is -2.21. The first-order chi connectivity index (χ1) is 7.26. The van der Waals surface area contributed by atoms with E-state index in [4.69, 9.17) is 4.65 Å². The van der Waals surface area contributed by atoms with Crippen LogP contribution in [0.3, 0.4) is 0 Å². The molecule has 1 aliphatic heterocycles. The summed E-state index contributed by atoms with van der Waals surface area (Å²) in [4.78, 5) is 2.26. The molecule has 0 aromatic heterocycles. The number of hydrogen-bond donors (Lipinski definition) is 1. The van der Waals surface area contributed by atoms with Crippen LogP contribution in [0.25, 0.3) is 0 Å². The quantitative estimate of drug-likeness (QED) is 0.739. The Kier molecular flexibility index (Phi) is 2.98. The average Bonchev–Trinajstić information content (AvgIpc) is 2.62. The molecule has 0 atom stereocenters. The predicted octanol–water partition coefficient (Wildman–Crippen LogP) is 0.750. The highest BCUT2D eigenvalue weighted by atomic mass is 16.5. The highest BCUT2D eigenvalue weighted by Gasteiger charge is 2.27. The molecule has 0 fully saturated rings. The van der Waals surface area contributed by atoms with Gasteiger partial charge in [-0.3, -0.25) is 0 Å². The highest BCUT2D eigenvalue weighted by Crippen LogP contribution is 2.17. The number of benzene rings is 1. The summed E-state index contributed by atoms with van der Waals surface area (Å²) in [5, 5.41) is 9.59. The smallest absolute Gasteiger partial charge is 0.423 e. The van der Waals surface area contributed by atoms with E-state index in [0.717, 1.165) is 29.8 Å². The lowest BCUT2D eigenvalue weighted by molar-refractivity contribution is 0.275. The summed E-state index contributed by atoms with van der Waals surface area (Å²) >= 11 is 0. The van der Waals surface area contributed by atoms with E-state index in [1.807, 2.05) is 12.1 Å². The van der Waals surface area contributed by atoms with Gasteiger partial charge in [-0.25, -0.2) is 0 Å². The summed E-state index contributed by atoms with van der Waals surface area (Å²) in [6.45, 7) is 6.74. The molecule has 0 saturated carbocycles. The van der Waals surface area contributed by atoms with Gasteiger partial charge < -0.3 is 14.6 Å². The zero-order valence-corrected chi connectivity index (χ0v) is 9.23. The van der Waals surface area contributed by atoms with Crippen LogP contribution < -0.4 is 10.4 Å². The molecule has 2 rings (SSSR count). The van der Waals surface area contributed by atoms with Gasteiger partial charge in [0.05, 0.1) is 6.61 Å². The van der Waals surface area contributed by atoms with Crippen LogP contribution in [0.4, 0.5) is 5.69 Å². The Labute approximate surface area is 90.8 Å². The van der Waals surface area contributed by atoms with Crippen LogP contribution in [-0.2, 0) is 11.3 Å². The normalized spacial score (nSPS) is 14.2. The van der Waals surface area contributed by atoms with Gasteiger partial charge in [-0.05, 0) is 37.0 Å². The van der Waals surface area contributed by atoms with E-state index in [0.29, 0.717) is 6.61 Å². The zero-order chi connectivity index (χ0) is 10.8. The van der Waals surface area contributed by atoms with Crippen LogP contribution in [0.15, 0.2) is 18.2 Å². The van der Waals surface area contributed by atoms with Crippen molar-refractivity contribution in [3.05, 3.63) is 23.8 Å².